The lowest BCUT2D eigenvalue weighted by Crippen LogP contribution is -2.36. The van der Waals surface area contributed by atoms with Crippen LogP contribution in [0, 0.1) is 0 Å². The number of ether oxygens (including phenoxy) is 2. The number of hydrogen-bond donors (Lipinski definition) is 1. The Labute approximate surface area is 125 Å². The molecule has 3 rings (SSSR count). The number of amides is 1. The van der Waals surface area contributed by atoms with Crippen LogP contribution in [-0.2, 0) is 20.8 Å². The van der Waals surface area contributed by atoms with E-state index in [4.69, 9.17) is 9.47 Å². The number of morpholine rings is 1. The molecular formula is C16H22N2O3. The van der Waals surface area contributed by atoms with Gasteiger partial charge in [0, 0.05) is 31.9 Å². The maximum atomic E-state index is 11.9. The van der Waals surface area contributed by atoms with Crippen LogP contribution < -0.4 is 10.2 Å². The third kappa shape index (κ3) is 3.74. The molecule has 1 amide bonds. The molecule has 0 radical (unpaired) electrons. The van der Waals surface area contributed by atoms with E-state index < -0.39 is 0 Å². The Bertz CT molecular complexity index is 463. The SMILES string of the molecule is O=C(NCc1ccc(N2CCOCC2)cc1)C1CCCO1. The van der Waals surface area contributed by atoms with E-state index in [-0.39, 0.29) is 12.0 Å². The van der Waals surface area contributed by atoms with Crippen molar-refractivity contribution in [3.8, 4) is 0 Å². The van der Waals surface area contributed by atoms with Crippen LogP contribution in [-0.4, -0.2) is 44.9 Å². The zero-order valence-corrected chi connectivity index (χ0v) is 12.2. The van der Waals surface area contributed by atoms with E-state index in [0.29, 0.717) is 13.2 Å². The molecule has 0 bridgehead atoms. The highest BCUT2D eigenvalue weighted by Crippen LogP contribution is 2.17. The van der Waals surface area contributed by atoms with Gasteiger partial charge in [0.1, 0.15) is 6.10 Å². The first kappa shape index (κ1) is 14.4. The zero-order chi connectivity index (χ0) is 14.5. The molecule has 2 fully saturated rings. The van der Waals surface area contributed by atoms with Crippen LogP contribution in [0.5, 0.6) is 0 Å². The topological polar surface area (TPSA) is 50.8 Å². The van der Waals surface area contributed by atoms with E-state index >= 15 is 0 Å². The summed E-state index contributed by atoms with van der Waals surface area (Å²) in [5.74, 6) is 0.00440. The average molecular weight is 290 g/mol. The van der Waals surface area contributed by atoms with Gasteiger partial charge in [0.25, 0.3) is 0 Å². The Balaban J connectivity index is 1.50. The lowest BCUT2D eigenvalue weighted by Gasteiger charge is -2.28. The van der Waals surface area contributed by atoms with Crippen LogP contribution in [0.3, 0.4) is 0 Å². The second-order valence-corrected chi connectivity index (χ2v) is 5.49. The van der Waals surface area contributed by atoms with Gasteiger partial charge in [-0.3, -0.25) is 4.79 Å². The third-order valence-corrected chi connectivity index (χ3v) is 4.00. The van der Waals surface area contributed by atoms with Gasteiger partial charge in [-0.15, -0.1) is 0 Å². The van der Waals surface area contributed by atoms with Crippen LogP contribution in [0.25, 0.3) is 0 Å². The molecule has 0 aromatic heterocycles. The lowest BCUT2D eigenvalue weighted by molar-refractivity contribution is -0.130. The molecule has 0 aliphatic carbocycles. The van der Waals surface area contributed by atoms with Gasteiger partial charge in [-0.25, -0.2) is 0 Å². The van der Waals surface area contributed by atoms with Gasteiger partial charge in [0.15, 0.2) is 0 Å². The Kier molecular flexibility index (Phi) is 4.72. The van der Waals surface area contributed by atoms with Gasteiger partial charge in [0.2, 0.25) is 5.91 Å². The summed E-state index contributed by atoms with van der Waals surface area (Å²) in [5, 5.41) is 2.94. The van der Waals surface area contributed by atoms with Crippen LogP contribution >= 0.6 is 0 Å². The van der Waals surface area contributed by atoms with Crippen molar-refractivity contribution >= 4 is 11.6 Å². The first-order chi connectivity index (χ1) is 10.3. The van der Waals surface area contributed by atoms with Crippen molar-refractivity contribution in [1.82, 2.24) is 5.32 Å². The van der Waals surface area contributed by atoms with Gasteiger partial charge in [-0.05, 0) is 30.5 Å². The summed E-state index contributed by atoms with van der Waals surface area (Å²) in [6.45, 7) is 4.72. The molecule has 0 saturated carbocycles. The molecule has 2 aliphatic rings. The predicted molar refractivity (Wildman–Crippen MR) is 80.3 cm³/mol. The van der Waals surface area contributed by atoms with Gasteiger partial charge in [0.05, 0.1) is 13.2 Å². The van der Waals surface area contributed by atoms with Crippen LogP contribution in [0.4, 0.5) is 5.69 Å². The molecule has 5 nitrogen and oxygen atoms in total. The van der Waals surface area contributed by atoms with Crippen molar-refractivity contribution < 1.29 is 14.3 Å². The zero-order valence-electron chi connectivity index (χ0n) is 12.2. The molecular weight excluding hydrogens is 268 g/mol. The van der Waals surface area contributed by atoms with Gasteiger partial charge in [-0.1, -0.05) is 12.1 Å². The summed E-state index contributed by atoms with van der Waals surface area (Å²) in [6, 6.07) is 8.36. The maximum absolute atomic E-state index is 11.9. The van der Waals surface area contributed by atoms with E-state index in [1.807, 2.05) is 0 Å². The van der Waals surface area contributed by atoms with Gasteiger partial charge >= 0.3 is 0 Å². The van der Waals surface area contributed by atoms with E-state index in [1.54, 1.807) is 0 Å². The van der Waals surface area contributed by atoms with E-state index in [2.05, 4.69) is 34.5 Å². The summed E-state index contributed by atoms with van der Waals surface area (Å²) >= 11 is 0. The Morgan fingerprint density at radius 2 is 1.95 bits per heavy atom. The van der Waals surface area contributed by atoms with E-state index in [1.165, 1.54) is 5.69 Å². The highest BCUT2D eigenvalue weighted by atomic mass is 16.5. The minimum Gasteiger partial charge on any atom is -0.378 e. The van der Waals surface area contributed by atoms with Gasteiger partial charge < -0.3 is 19.7 Å². The van der Waals surface area contributed by atoms with Gasteiger partial charge in [-0.2, -0.15) is 0 Å². The maximum Gasteiger partial charge on any atom is 0.249 e. The van der Waals surface area contributed by atoms with Crippen LogP contribution in [0.2, 0.25) is 0 Å². The summed E-state index contributed by atoms with van der Waals surface area (Å²) in [5.41, 5.74) is 2.32. The molecule has 1 atom stereocenters. The Morgan fingerprint density at radius 3 is 2.62 bits per heavy atom. The smallest absolute Gasteiger partial charge is 0.249 e. The van der Waals surface area contributed by atoms with Crippen LogP contribution in [0.1, 0.15) is 18.4 Å². The number of carbonyl (C=O) groups excluding carboxylic acids is 1. The summed E-state index contributed by atoms with van der Waals surface area (Å²) < 4.78 is 10.7. The monoisotopic (exact) mass is 290 g/mol. The summed E-state index contributed by atoms with van der Waals surface area (Å²) in [6.07, 6.45) is 1.56. The fraction of sp³-hybridized carbons (Fsp3) is 0.562. The number of benzene rings is 1. The fourth-order valence-electron chi connectivity index (χ4n) is 2.73. The standard InChI is InChI=1S/C16H22N2O3/c19-16(15-2-1-9-21-15)17-12-13-3-5-14(6-4-13)18-7-10-20-11-8-18/h3-6,15H,1-2,7-12H2,(H,17,19). The minimum atomic E-state index is -0.252. The van der Waals surface area contributed by atoms with Crippen molar-refractivity contribution in [1.29, 1.82) is 0 Å². The summed E-state index contributed by atoms with van der Waals surface area (Å²) in [4.78, 5) is 14.2. The number of nitrogens with zero attached hydrogens (tertiary/aromatic N) is 1. The average Bonchev–Trinajstić information content (AvgIpc) is 3.08. The molecule has 2 heterocycles. The van der Waals surface area contributed by atoms with Crippen molar-refractivity contribution in [3.05, 3.63) is 29.8 Å². The quantitative estimate of drug-likeness (QED) is 0.908. The second kappa shape index (κ2) is 6.91. The molecule has 114 valence electrons. The molecule has 1 unspecified atom stereocenters. The number of rotatable bonds is 4. The first-order valence-corrected chi connectivity index (χ1v) is 7.64. The fourth-order valence-corrected chi connectivity index (χ4v) is 2.73. The van der Waals surface area contributed by atoms with Crippen molar-refractivity contribution in [2.45, 2.75) is 25.5 Å². The molecule has 1 aromatic rings. The molecule has 1 aromatic carbocycles. The van der Waals surface area contributed by atoms with Crippen molar-refractivity contribution in [2.24, 2.45) is 0 Å². The Hall–Kier alpha value is -1.59. The number of anilines is 1. The number of nitrogens with one attached hydrogen (secondary N) is 1. The number of hydrogen-bond acceptors (Lipinski definition) is 4. The van der Waals surface area contributed by atoms with E-state index in [9.17, 15) is 4.79 Å². The van der Waals surface area contributed by atoms with Crippen molar-refractivity contribution in [2.75, 3.05) is 37.8 Å². The molecule has 5 heteroatoms. The second-order valence-electron chi connectivity index (χ2n) is 5.49. The molecule has 2 saturated heterocycles. The third-order valence-electron chi connectivity index (χ3n) is 4.00. The molecule has 0 spiro atoms. The molecule has 21 heavy (non-hydrogen) atoms. The minimum absolute atomic E-state index is 0.00440. The van der Waals surface area contributed by atoms with E-state index in [0.717, 1.165) is 44.7 Å². The highest BCUT2D eigenvalue weighted by Gasteiger charge is 2.22. The van der Waals surface area contributed by atoms with Crippen molar-refractivity contribution in [3.63, 3.8) is 0 Å². The lowest BCUT2D eigenvalue weighted by atomic mass is 10.1. The molecule has 1 N–H and O–H groups in total. The predicted octanol–water partition coefficient (Wildman–Crippen LogP) is 1.32. The largest absolute Gasteiger partial charge is 0.378 e. The molecule has 2 aliphatic heterocycles. The highest BCUT2D eigenvalue weighted by molar-refractivity contribution is 5.80. The van der Waals surface area contributed by atoms with Crippen LogP contribution in [0.15, 0.2) is 24.3 Å². The summed E-state index contributed by atoms with van der Waals surface area (Å²) in [7, 11) is 0. The Morgan fingerprint density at radius 1 is 1.19 bits per heavy atom. The number of carbonyl (C=O) groups is 1. The first-order valence-electron chi connectivity index (χ1n) is 7.64. The normalized spacial score (nSPS) is 22.3.